The third kappa shape index (κ3) is 10.7. The fourth-order valence-corrected chi connectivity index (χ4v) is 8.14. The number of sulfonamides is 1. The highest BCUT2D eigenvalue weighted by atomic mass is 32.2. The Bertz CT molecular complexity index is 1780. The molecule has 0 spiro atoms. The zero-order valence-corrected chi connectivity index (χ0v) is 30.3. The van der Waals surface area contributed by atoms with Crippen LogP contribution >= 0.6 is 0 Å². The molecule has 1 saturated heterocycles. The monoisotopic (exact) mass is 732 g/mol. The van der Waals surface area contributed by atoms with Gasteiger partial charge < -0.3 is 24.1 Å². The van der Waals surface area contributed by atoms with Crippen molar-refractivity contribution in [1.82, 2.24) is 4.31 Å². The molecule has 0 amide bonds. The third-order valence-corrected chi connectivity index (χ3v) is 11.1. The van der Waals surface area contributed by atoms with Crippen LogP contribution in [0.2, 0.25) is 0 Å². The van der Waals surface area contributed by atoms with Gasteiger partial charge in [-0.25, -0.2) is 8.42 Å². The van der Waals surface area contributed by atoms with E-state index in [1.54, 1.807) is 55.6 Å². The van der Waals surface area contributed by atoms with Crippen LogP contribution in [-0.4, -0.2) is 61.3 Å². The Hall–Kier alpha value is -4.17. The SMILES string of the molecule is COc1ccc([C@@H]2OC[C@H](N(Cc3ccccc3)S(=O)(=O)c3ccccc3[N+](=O)[O-])[C@H]([C@@H](O)CCCCCCCCOCc3ccccc3)O2)cc1. The summed E-state index contributed by atoms with van der Waals surface area (Å²) < 4.78 is 53.8. The number of aliphatic hydroxyl groups excluding tert-OH is 1. The standard InChI is InChI=1S/C40H48N2O9S/c1-48-34-25-23-33(24-26-34)40-50-30-36(39(51-40)37(43)21-12-4-2-3-5-15-27-49-29-32-18-10-7-11-19-32)41(28-31-16-8-6-9-17-31)52(46,47)38-22-14-13-20-35(38)42(44)45/h6-11,13-14,16-20,22-26,36-37,39-40,43H,2-5,12,15,21,27-30H2,1H3/t36-,37-,39+,40+/m0/s1. The molecule has 1 heterocycles. The minimum atomic E-state index is -4.50. The van der Waals surface area contributed by atoms with Crippen LogP contribution in [0.15, 0.2) is 114 Å². The molecule has 1 N–H and O–H groups in total. The summed E-state index contributed by atoms with van der Waals surface area (Å²) >= 11 is 0. The molecule has 52 heavy (non-hydrogen) atoms. The molecule has 0 aliphatic carbocycles. The van der Waals surface area contributed by atoms with Crippen molar-refractivity contribution in [2.45, 2.75) is 87.5 Å². The molecule has 0 radical (unpaired) electrons. The Morgan fingerprint density at radius 2 is 1.46 bits per heavy atom. The van der Waals surface area contributed by atoms with Gasteiger partial charge in [0.1, 0.15) is 11.9 Å². The van der Waals surface area contributed by atoms with Gasteiger partial charge in [-0.2, -0.15) is 4.31 Å². The number of rotatable bonds is 20. The van der Waals surface area contributed by atoms with Gasteiger partial charge in [-0.05, 0) is 42.2 Å². The van der Waals surface area contributed by atoms with Crippen molar-refractivity contribution in [2.24, 2.45) is 0 Å². The van der Waals surface area contributed by atoms with Crippen LogP contribution in [0.25, 0.3) is 0 Å². The number of benzene rings is 4. The molecule has 4 aromatic carbocycles. The highest BCUT2D eigenvalue weighted by Gasteiger charge is 2.46. The highest BCUT2D eigenvalue weighted by Crippen LogP contribution is 2.36. The van der Waals surface area contributed by atoms with Crippen LogP contribution in [0.3, 0.4) is 0 Å². The Morgan fingerprint density at radius 1 is 0.846 bits per heavy atom. The van der Waals surface area contributed by atoms with Crippen LogP contribution < -0.4 is 4.74 Å². The molecule has 12 heteroatoms. The molecule has 0 aromatic heterocycles. The number of nitrogens with zero attached hydrogens (tertiary/aromatic N) is 2. The first kappa shape index (κ1) is 39.0. The molecule has 0 saturated carbocycles. The lowest BCUT2D eigenvalue weighted by Gasteiger charge is -2.43. The molecule has 4 aromatic rings. The summed E-state index contributed by atoms with van der Waals surface area (Å²) in [7, 11) is -2.93. The predicted molar refractivity (Wildman–Crippen MR) is 197 cm³/mol. The van der Waals surface area contributed by atoms with Gasteiger partial charge >= 0.3 is 0 Å². The molecule has 4 atom stereocenters. The van der Waals surface area contributed by atoms with Gasteiger partial charge in [0.25, 0.3) is 15.7 Å². The number of ether oxygens (including phenoxy) is 4. The van der Waals surface area contributed by atoms with E-state index in [9.17, 15) is 23.6 Å². The van der Waals surface area contributed by atoms with E-state index in [1.807, 2.05) is 24.3 Å². The fraction of sp³-hybridized carbons (Fsp3) is 0.400. The Kier molecular flexibility index (Phi) is 14.7. The van der Waals surface area contributed by atoms with E-state index < -0.39 is 50.1 Å². The topological polar surface area (TPSA) is 138 Å². The zero-order chi connectivity index (χ0) is 36.8. The van der Waals surface area contributed by atoms with Crippen molar-refractivity contribution >= 4 is 15.7 Å². The lowest BCUT2D eigenvalue weighted by Crippen LogP contribution is -2.57. The number of nitro benzene ring substituents is 1. The molecule has 5 rings (SSSR count). The number of hydrogen-bond donors (Lipinski definition) is 1. The largest absolute Gasteiger partial charge is 0.497 e. The summed E-state index contributed by atoms with van der Waals surface area (Å²) in [5, 5.41) is 23.7. The first-order valence-electron chi connectivity index (χ1n) is 17.8. The van der Waals surface area contributed by atoms with Gasteiger partial charge in [-0.15, -0.1) is 0 Å². The van der Waals surface area contributed by atoms with E-state index in [1.165, 1.54) is 28.6 Å². The van der Waals surface area contributed by atoms with E-state index in [2.05, 4.69) is 12.1 Å². The molecule has 1 fully saturated rings. The molecule has 0 unspecified atom stereocenters. The second-order valence-corrected chi connectivity index (χ2v) is 14.7. The highest BCUT2D eigenvalue weighted by molar-refractivity contribution is 7.89. The van der Waals surface area contributed by atoms with Gasteiger partial charge in [0.2, 0.25) is 0 Å². The van der Waals surface area contributed by atoms with Crippen molar-refractivity contribution in [3.8, 4) is 5.75 Å². The lowest BCUT2D eigenvalue weighted by molar-refractivity contribution is -0.387. The van der Waals surface area contributed by atoms with Crippen LogP contribution in [0.4, 0.5) is 5.69 Å². The van der Waals surface area contributed by atoms with Gasteiger partial charge in [-0.1, -0.05) is 117 Å². The minimum Gasteiger partial charge on any atom is -0.497 e. The van der Waals surface area contributed by atoms with Gasteiger partial charge in [0.15, 0.2) is 11.2 Å². The molecular weight excluding hydrogens is 685 g/mol. The number of nitro groups is 1. The van der Waals surface area contributed by atoms with Crippen LogP contribution in [0.5, 0.6) is 5.75 Å². The minimum absolute atomic E-state index is 0.113. The maximum absolute atomic E-state index is 14.5. The lowest BCUT2D eigenvalue weighted by atomic mass is 9.98. The summed E-state index contributed by atoms with van der Waals surface area (Å²) in [6.07, 6.45) is 3.12. The van der Waals surface area contributed by atoms with Crippen molar-refractivity contribution in [1.29, 1.82) is 0 Å². The number of aliphatic hydroxyl groups is 1. The van der Waals surface area contributed by atoms with Gasteiger partial charge in [0.05, 0.1) is 37.4 Å². The summed E-state index contributed by atoms with van der Waals surface area (Å²) in [6, 6.07) is 30.5. The van der Waals surface area contributed by atoms with Crippen molar-refractivity contribution in [2.75, 3.05) is 20.3 Å². The van der Waals surface area contributed by atoms with E-state index in [0.29, 0.717) is 42.9 Å². The maximum Gasteiger partial charge on any atom is 0.289 e. The zero-order valence-electron chi connectivity index (χ0n) is 29.5. The molecular formula is C40H48N2O9S. The van der Waals surface area contributed by atoms with Gasteiger partial charge in [0, 0.05) is 24.8 Å². The summed E-state index contributed by atoms with van der Waals surface area (Å²) in [5.74, 6) is 0.651. The summed E-state index contributed by atoms with van der Waals surface area (Å²) in [5.41, 5.74) is 1.98. The Morgan fingerprint density at radius 3 is 2.13 bits per heavy atom. The van der Waals surface area contributed by atoms with Crippen molar-refractivity contribution < 1.29 is 37.4 Å². The number of hydrogen-bond acceptors (Lipinski definition) is 9. The molecule has 278 valence electrons. The predicted octanol–water partition coefficient (Wildman–Crippen LogP) is 7.59. The number of unbranched alkanes of at least 4 members (excludes halogenated alkanes) is 5. The third-order valence-electron chi connectivity index (χ3n) is 9.20. The normalized spacial score (nSPS) is 18.2. The van der Waals surface area contributed by atoms with Gasteiger partial charge in [-0.3, -0.25) is 10.1 Å². The first-order chi connectivity index (χ1) is 25.3. The quantitative estimate of drug-likeness (QED) is 0.0554. The summed E-state index contributed by atoms with van der Waals surface area (Å²) in [4.78, 5) is 10.8. The second-order valence-electron chi connectivity index (χ2n) is 12.9. The molecule has 0 bridgehead atoms. The fourth-order valence-electron chi connectivity index (χ4n) is 6.37. The molecule has 11 nitrogen and oxygen atoms in total. The van der Waals surface area contributed by atoms with Crippen LogP contribution in [0.1, 0.15) is 67.9 Å². The van der Waals surface area contributed by atoms with Crippen molar-refractivity contribution in [3.63, 3.8) is 0 Å². The average Bonchev–Trinajstić information content (AvgIpc) is 3.18. The van der Waals surface area contributed by atoms with Crippen LogP contribution in [0, 0.1) is 10.1 Å². The maximum atomic E-state index is 14.5. The van der Waals surface area contributed by atoms with E-state index >= 15 is 0 Å². The second kappa shape index (κ2) is 19.6. The number of methoxy groups -OCH3 is 1. The summed E-state index contributed by atoms with van der Waals surface area (Å²) in [6.45, 7) is 1.09. The molecule has 1 aliphatic heterocycles. The number of para-hydroxylation sites is 1. The van der Waals surface area contributed by atoms with E-state index in [4.69, 9.17) is 18.9 Å². The van der Waals surface area contributed by atoms with Crippen molar-refractivity contribution in [3.05, 3.63) is 136 Å². The Balaban J connectivity index is 1.28. The van der Waals surface area contributed by atoms with E-state index in [-0.39, 0.29) is 13.2 Å². The average molecular weight is 733 g/mol. The molecule has 1 aliphatic rings. The first-order valence-corrected chi connectivity index (χ1v) is 19.2. The smallest absolute Gasteiger partial charge is 0.289 e. The van der Waals surface area contributed by atoms with E-state index in [0.717, 1.165) is 37.7 Å². The van der Waals surface area contributed by atoms with Crippen LogP contribution in [-0.2, 0) is 37.4 Å². The Labute approximate surface area is 306 Å².